The number of aromatic nitrogens is 2. The highest BCUT2D eigenvalue weighted by molar-refractivity contribution is 5.76. The summed E-state index contributed by atoms with van der Waals surface area (Å²) >= 11 is 0. The highest BCUT2D eigenvalue weighted by Gasteiger charge is 2.07. The van der Waals surface area contributed by atoms with Crippen LogP contribution in [0.4, 0.5) is 4.39 Å². The molecule has 4 heteroatoms. The molecule has 0 spiro atoms. The largest absolute Gasteiger partial charge is 0.298 e. The van der Waals surface area contributed by atoms with Gasteiger partial charge >= 0.3 is 0 Å². The van der Waals surface area contributed by atoms with E-state index in [0.29, 0.717) is 29.5 Å². The van der Waals surface area contributed by atoms with Crippen LogP contribution in [0.15, 0.2) is 30.5 Å². The number of hydrogen-bond acceptors (Lipinski definition) is 2. The maximum atomic E-state index is 13.3. The minimum Gasteiger partial charge on any atom is -0.298 e. The first-order valence-electron chi connectivity index (χ1n) is 4.52. The number of H-pyrrole nitrogens is 1. The number of benzene rings is 1. The van der Waals surface area contributed by atoms with E-state index >= 15 is 0 Å². The molecule has 1 aromatic carbocycles. The zero-order valence-corrected chi connectivity index (χ0v) is 7.90. The van der Waals surface area contributed by atoms with Crippen molar-refractivity contribution >= 4 is 6.29 Å². The van der Waals surface area contributed by atoms with Gasteiger partial charge < -0.3 is 0 Å². The van der Waals surface area contributed by atoms with Crippen molar-refractivity contribution in [3.63, 3.8) is 0 Å². The lowest BCUT2D eigenvalue weighted by atomic mass is 10.1. The van der Waals surface area contributed by atoms with Crippen LogP contribution >= 0.6 is 0 Å². The smallest absolute Gasteiger partial charge is 0.153 e. The molecule has 15 heavy (non-hydrogen) atoms. The fourth-order valence-electron chi connectivity index (χ4n) is 1.40. The third-order valence-corrected chi connectivity index (χ3v) is 2.20. The Morgan fingerprint density at radius 3 is 2.93 bits per heavy atom. The van der Waals surface area contributed by atoms with E-state index in [2.05, 4.69) is 10.2 Å². The third kappa shape index (κ3) is 1.93. The molecular weight excluding hydrogens is 195 g/mol. The van der Waals surface area contributed by atoms with E-state index in [1.165, 1.54) is 12.3 Å². The second kappa shape index (κ2) is 4.04. The summed E-state index contributed by atoms with van der Waals surface area (Å²) in [6.45, 7) is 0. The van der Waals surface area contributed by atoms with Crippen LogP contribution in [-0.2, 0) is 6.42 Å². The lowest BCUT2D eigenvalue weighted by molar-refractivity contribution is 0.112. The first kappa shape index (κ1) is 9.58. The van der Waals surface area contributed by atoms with Crippen LogP contribution in [0.2, 0.25) is 0 Å². The molecule has 1 heterocycles. The highest BCUT2D eigenvalue weighted by atomic mass is 19.1. The van der Waals surface area contributed by atoms with Crippen LogP contribution in [0.25, 0.3) is 0 Å². The molecule has 0 atom stereocenters. The van der Waals surface area contributed by atoms with E-state index in [9.17, 15) is 9.18 Å². The lowest BCUT2D eigenvalue weighted by Gasteiger charge is -2.00. The molecule has 0 unspecified atom stereocenters. The number of nitrogens with one attached hydrogen (secondary N) is 1. The second-order valence-corrected chi connectivity index (χ2v) is 3.19. The fraction of sp³-hybridized carbons (Fsp3) is 0.0909. The quantitative estimate of drug-likeness (QED) is 0.777. The zero-order valence-electron chi connectivity index (χ0n) is 7.90. The minimum absolute atomic E-state index is 0.274. The van der Waals surface area contributed by atoms with Gasteiger partial charge in [0.1, 0.15) is 5.82 Å². The van der Waals surface area contributed by atoms with Gasteiger partial charge in [-0.15, -0.1) is 0 Å². The Bertz CT molecular complexity index is 479. The van der Waals surface area contributed by atoms with Gasteiger partial charge in [-0.3, -0.25) is 9.89 Å². The molecule has 0 fully saturated rings. The predicted molar refractivity (Wildman–Crippen MR) is 53.2 cm³/mol. The molecule has 0 saturated heterocycles. The first-order valence-corrected chi connectivity index (χ1v) is 4.52. The van der Waals surface area contributed by atoms with Gasteiger partial charge in [0.25, 0.3) is 0 Å². The van der Waals surface area contributed by atoms with Crippen molar-refractivity contribution in [1.29, 1.82) is 0 Å². The van der Waals surface area contributed by atoms with Gasteiger partial charge in [-0.1, -0.05) is 18.2 Å². The maximum absolute atomic E-state index is 13.3. The van der Waals surface area contributed by atoms with Gasteiger partial charge in [0.15, 0.2) is 6.29 Å². The van der Waals surface area contributed by atoms with E-state index in [0.717, 1.165) is 0 Å². The van der Waals surface area contributed by atoms with Crippen molar-refractivity contribution in [2.75, 3.05) is 0 Å². The molecule has 0 aliphatic rings. The van der Waals surface area contributed by atoms with Gasteiger partial charge in [-0.25, -0.2) is 4.39 Å². The molecule has 0 amide bonds. The summed E-state index contributed by atoms with van der Waals surface area (Å²) in [5.74, 6) is -0.274. The standard InChI is InChI=1S/C11H9FN2O/c12-10-4-2-1-3-8(10)5-11-9(7-15)6-13-14-11/h1-4,6-7H,5H2,(H,13,14). The van der Waals surface area contributed by atoms with Crippen LogP contribution in [0.3, 0.4) is 0 Å². The van der Waals surface area contributed by atoms with E-state index < -0.39 is 0 Å². The van der Waals surface area contributed by atoms with Crippen molar-refractivity contribution in [2.45, 2.75) is 6.42 Å². The number of carbonyl (C=O) groups is 1. The molecule has 1 aromatic heterocycles. The molecule has 0 aliphatic heterocycles. The topological polar surface area (TPSA) is 45.8 Å². The number of nitrogens with zero attached hydrogens (tertiary/aromatic N) is 1. The predicted octanol–water partition coefficient (Wildman–Crippen LogP) is 1.95. The molecule has 2 aromatic rings. The number of aldehydes is 1. The number of rotatable bonds is 3. The van der Waals surface area contributed by atoms with Crippen LogP contribution in [0.1, 0.15) is 21.6 Å². The van der Waals surface area contributed by atoms with Crippen LogP contribution in [0, 0.1) is 5.82 Å². The summed E-state index contributed by atoms with van der Waals surface area (Å²) < 4.78 is 13.3. The maximum Gasteiger partial charge on any atom is 0.153 e. The fourth-order valence-corrected chi connectivity index (χ4v) is 1.40. The lowest BCUT2D eigenvalue weighted by Crippen LogP contribution is -1.95. The van der Waals surface area contributed by atoms with Crippen LogP contribution < -0.4 is 0 Å². The molecule has 0 radical (unpaired) electrons. The summed E-state index contributed by atoms with van der Waals surface area (Å²) in [6.07, 6.45) is 2.49. The average molecular weight is 204 g/mol. The van der Waals surface area contributed by atoms with Crippen LogP contribution in [-0.4, -0.2) is 16.5 Å². The molecule has 0 bridgehead atoms. The number of hydrogen-bond donors (Lipinski definition) is 1. The summed E-state index contributed by atoms with van der Waals surface area (Å²) in [5.41, 5.74) is 1.65. The van der Waals surface area contributed by atoms with E-state index in [1.54, 1.807) is 18.2 Å². The Morgan fingerprint density at radius 2 is 2.20 bits per heavy atom. The van der Waals surface area contributed by atoms with E-state index in [1.807, 2.05) is 0 Å². The molecule has 0 aliphatic carbocycles. The molecular formula is C11H9FN2O. The Kier molecular flexibility index (Phi) is 2.58. The first-order chi connectivity index (χ1) is 7.31. The minimum atomic E-state index is -0.274. The summed E-state index contributed by atoms with van der Waals surface area (Å²) in [5, 5.41) is 6.42. The van der Waals surface area contributed by atoms with Crippen molar-refractivity contribution < 1.29 is 9.18 Å². The number of carbonyl (C=O) groups excluding carboxylic acids is 1. The Morgan fingerprint density at radius 1 is 1.40 bits per heavy atom. The Labute approximate surface area is 85.9 Å². The Hall–Kier alpha value is -1.97. The van der Waals surface area contributed by atoms with Gasteiger partial charge in [-0.2, -0.15) is 5.10 Å². The Balaban J connectivity index is 2.29. The normalized spacial score (nSPS) is 10.2. The molecule has 3 nitrogen and oxygen atoms in total. The third-order valence-electron chi connectivity index (χ3n) is 2.20. The average Bonchev–Trinajstić information content (AvgIpc) is 2.69. The van der Waals surface area contributed by atoms with Crippen molar-refractivity contribution in [2.24, 2.45) is 0 Å². The van der Waals surface area contributed by atoms with E-state index in [-0.39, 0.29) is 5.82 Å². The second-order valence-electron chi connectivity index (χ2n) is 3.19. The van der Waals surface area contributed by atoms with Crippen LogP contribution in [0.5, 0.6) is 0 Å². The van der Waals surface area contributed by atoms with Crippen molar-refractivity contribution in [1.82, 2.24) is 10.2 Å². The number of halogens is 1. The van der Waals surface area contributed by atoms with Gasteiger partial charge in [0, 0.05) is 6.42 Å². The molecule has 1 N–H and O–H groups in total. The van der Waals surface area contributed by atoms with Gasteiger partial charge in [-0.05, 0) is 11.6 Å². The van der Waals surface area contributed by atoms with Crippen molar-refractivity contribution in [3.8, 4) is 0 Å². The summed E-state index contributed by atoms with van der Waals surface area (Å²) in [7, 11) is 0. The highest BCUT2D eigenvalue weighted by Crippen LogP contribution is 2.13. The van der Waals surface area contributed by atoms with Gasteiger partial charge in [0.05, 0.1) is 17.5 Å². The SMILES string of the molecule is O=Cc1cn[nH]c1Cc1ccccc1F. The monoisotopic (exact) mass is 204 g/mol. The summed E-state index contributed by atoms with van der Waals surface area (Å²) in [4.78, 5) is 10.6. The zero-order chi connectivity index (χ0) is 10.7. The van der Waals surface area contributed by atoms with Gasteiger partial charge in [0.2, 0.25) is 0 Å². The number of aromatic amines is 1. The summed E-state index contributed by atoms with van der Waals surface area (Å²) in [6, 6.07) is 6.47. The molecule has 2 rings (SSSR count). The molecule has 0 saturated carbocycles. The van der Waals surface area contributed by atoms with E-state index in [4.69, 9.17) is 0 Å². The molecule has 76 valence electrons. The van der Waals surface area contributed by atoms with Crippen molar-refractivity contribution in [3.05, 3.63) is 53.1 Å².